The third-order valence-corrected chi connectivity index (χ3v) is 8.02. The van der Waals surface area contributed by atoms with E-state index in [4.69, 9.17) is 15.9 Å². The molecule has 1 atom stereocenters. The molecule has 212 valence electrons. The lowest BCUT2D eigenvalue weighted by Gasteiger charge is -2.31. The Morgan fingerprint density at radius 2 is 1.78 bits per heavy atom. The summed E-state index contributed by atoms with van der Waals surface area (Å²) in [6, 6.07) is 24.8. The molecular weight excluding hydrogens is 512 g/mol. The zero-order valence-electron chi connectivity index (χ0n) is 24.1. The van der Waals surface area contributed by atoms with E-state index in [2.05, 4.69) is 50.2 Å². The first-order valence-electron chi connectivity index (χ1n) is 14.3. The molecule has 2 N–H and O–H groups in total. The highest BCUT2D eigenvalue weighted by Gasteiger charge is 2.37. The third kappa shape index (κ3) is 6.32. The van der Waals surface area contributed by atoms with Crippen molar-refractivity contribution < 1.29 is 4.79 Å². The fraction of sp³-hybridized carbons (Fsp3) is 0.333. The zero-order valence-corrected chi connectivity index (χ0v) is 24.1. The van der Waals surface area contributed by atoms with E-state index in [1.807, 2.05) is 48.3 Å². The van der Waals surface area contributed by atoms with Gasteiger partial charge in [-0.3, -0.25) is 9.36 Å². The SMILES string of the molecule is CCc1ccc(Cn2nc(N(C[C@@]3(C)CCc4ccccc43)/N=C/c3ccc(C)cc3)n(CCC(N)=O)c2=O)cc1. The number of amides is 1. The molecule has 1 heterocycles. The zero-order chi connectivity index (χ0) is 29.0. The highest BCUT2D eigenvalue weighted by molar-refractivity contribution is 5.80. The van der Waals surface area contributed by atoms with Crippen molar-refractivity contribution in [1.82, 2.24) is 14.3 Å². The largest absolute Gasteiger partial charge is 0.370 e. The predicted octanol–water partition coefficient (Wildman–Crippen LogP) is 4.58. The van der Waals surface area contributed by atoms with Gasteiger partial charge < -0.3 is 5.73 Å². The van der Waals surface area contributed by atoms with Crippen molar-refractivity contribution >= 4 is 18.1 Å². The summed E-state index contributed by atoms with van der Waals surface area (Å²) in [5.41, 5.74) is 11.9. The van der Waals surface area contributed by atoms with Crippen molar-refractivity contribution in [2.45, 2.75) is 65.0 Å². The molecule has 0 spiro atoms. The lowest BCUT2D eigenvalue weighted by Crippen LogP contribution is -2.37. The fourth-order valence-electron chi connectivity index (χ4n) is 5.51. The van der Waals surface area contributed by atoms with Gasteiger partial charge in [-0.05, 0) is 54.0 Å². The van der Waals surface area contributed by atoms with Crippen molar-refractivity contribution in [2.75, 3.05) is 11.6 Å². The van der Waals surface area contributed by atoms with Crippen LogP contribution >= 0.6 is 0 Å². The standard InChI is InChI=1S/C33H38N6O2/c1-4-25-13-15-27(16-14-25)22-38-32(41)37(20-18-30(34)40)31(36-38)39(35-21-26-11-9-24(2)10-12-26)23-33(3)19-17-28-7-5-6-8-29(28)33/h5-16,21H,4,17-20,22-23H2,1-3H3,(H2,34,40)/b35-21+/t33-/m1/s1. The Labute approximate surface area is 241 Å². The summed E-state index contributed by atoms with van der Waals surface area (Å²) in [5.74, 6) is -0.0764. The normalized spacial score (nSPS) is 16.3. The Morgan fingerprint density at radius 1 is 1.07 bits per heavy atom. The molecule has 1 amide bonds. The Kier molecular flexibility index (Phi) is 8.19. The number of primary amides is 1. The fourth-order valence-corrected chi connectivity index (χ4v) is 5.51. The Bertz CT molecular complexity index is 1600. The van der Waals surface area contributed by atoms with Gasteiger partial charge in [0.2, 0.25) is 11.9 Å². The quantitative estimate of drug-likeness (QED) is 0.218. The number of fused-ring (bicyclic) bond motifs is 1. The summed E-state index contributed by atoms with van der Waals surface area (Å²) in [6.07, 6.45) is 4.72. The maximum Gasteiger partial charge on any atom is 0.347 e. The molecule has 0 saturated heterocycles. The van der Waals surface area contributed by atoms with Gasteiger partial charge in [-0.25, -0.2) is 14.5 Å². The number of benzene rings is 3. The molecule has 5 rings (SSSR count). The topological polar surface area (TPSA) is 98.5 Å². The second-order valence-corrected chi connectivity index (χ2v) is 11.2. The molecule has 0 bridgehead atoms. The van der Waals surface area contributed by atoms with Crippen LogP contribution in [0.25, 0.3) is 0 Å². The van der Waals surface area contributed by atoms with Gasteiger partial charge in [-0.2, -0.15) is 5.10 Å². The molecule has 3 aromatic carbocycles. The number of carbonyl (C=O) groups excluding carboxylic acids is 1. The van der Waals surface area contributed by atoms with Crippen molar-refractivity contribution in [3.63, 3.8) is 0 Å². The molecular formula is C33H38N6O2. The van der Waals surface area contributed by atoms with Gasteiger partial charge in [0, 0.05) is 18.4 Å². The van der Waals surface area contributed by atoms with Gasteiger partial charge in [-0.15, -0.1) is 5.10 Å². The molecule has 8 nitrogen and oxygen atoms in total. The van der Waals surface area contributed by atoms with Gasteiger partial charge in [-0.1, -0.05) is 92.2 Å². The molecule has 1 aromatic heterocycles. The van der Waals surface area contributed by atoms with Crippen LogP contribution in [0.1, 0.15) is 60.1 Å². The van der Waals surface area contributed by atoms with Gasteiger partial charge in [0.25, 0.3) is 0 Å². The van der Waals surface area contributed by atoms with Crippen LogP contribution in [-0.2, 0) is 36.1 Å². The predicted molar refractivity (Wildman–Crippen MR) is 163 cm³/mol. The highest BCUT2D eigenvalue weighted by Crippen LogP contribution is 2.39. The number of carbonyl (C=O) groups is 1. The van der Waals surface area contributed by atoms with E-state index in [1.54, 1.807) is 6.21 Å². The first kappa shape index (κ1) is 28.1. The number of anilines is 1. The average Bonchev–Trinajstić information content (AvgIpc) is 3.47. The van der Waals surface area contributed by atoms with Crippen LogP contribution in [0.15, 0.2) is 82.7 Å². The summed E-state index contributed by atoms with van der Waals surface area (Å²) in [6.45, 7) is 7.36. The van der Waals surface area contributed by atoms with Crippen LogP contribution in [0, 0.1) is 6.92 Å². The average molecular weight is 551 g/mol. The Hall–Kier alpha value is -4.46. The number of aromatic nitrogens is 3. The van der Waals surface area contributed by atoms with Gasteiger partial charge in [0.15, 0.2) is 0 Å². The number of hydrazone groups is 1. The molecule has 0 aliphatic heterocycles. The van der Waals surface area contributed by atoms with Crippen molar-refractivity contribution in [2.24, 2.45) is 10.8 Å². The number of rotatable bonds is 11. The van der Waals surface area contributed by atoms with Crippen molar-refractivity contribution in [3.05, 3.63) is 117 Å². The van der Waals surface area contributed by atoms with Crippen molar-refractivity contribution in [1.29, 1.82) is 0 Å². The smallest absolute Gasteiger partial charge is 0.347 e. The summed E-state index contributed by atoms with van der Waals surface area (Å²) in [4.78, 5) is 25.5. The van der Waals surface area contributed by atoms with E-state index in [1.165, 1.54) is 31.5 Å². The molecule has 4 aromatic rings. The minimum Gasteiger partial charge on any atom is -0.370 e. The number of nitrogens with zero attached hydrogens (tertiary/aromatic N) is 5. The maximum atomic E-state index is 13.7. The molecule has 1 aliphatic rings. The third-order valence-electron chi connectivity index (χ3n) is 8.02. The summed E-state index contributed by atoms with van der Waals surface area (Å²) >= 11 is 0. The lowest BCUT2D eigenvalue weighted by molar-refractivity contribution is -0.118. The van der Waals surface area contributed by atoms with Gasteiger partial charge >= 0.3 is 5.69 Å². The number of nitrogens with two attached hydrogens (primary N) is 1. The molecule has 0 unspecified atom stereocenters. The summed E-state index contributed by atoms with van der Waals surface area (Å²) in [7, 11) is 0. The van der Waals surface area contributed by atoms with E-state index in [-0.39, 0.29) is 24.1 Å². The molecule has 8 heteroatoms. The van der Waals surface area contributed by atoms with E-state index in [0.29, 0.717) is 19.0 Å². The second-order valence-electron chi connectivity index (χ2n) is 11.2. The van der Waals surface area contributed by atoms with Crippen LogP contribution < -0.4 is 16.4 Å². The second kappa shape index (κ2) is 12.0. The number of hydrogen-bond donors (Lipinski definition) is 1. The molecule has 0 saturated carbocycles. The monoisotopic (exact) mass is 550 g/mol. The van der Waals surface area contributed by atoms with Gasteiger partial charge in [0.05, 0.1) is 19.3 Å². The molecule has 41 heavy (non-hydrogen) atoms. The van der Waals surface area contributed by atoms with E-state index in [9.17, 15) is 9.59 Å². The van der Waals surface area contributed by atoms with E-state index in [0.717, 1.165) is 30.4 Å². The highest BCUT2D eigenvalue weighted by atomic mass is 16.2. The number of aryl methyl sites for hydroxylation is 3. The van der Waals surface area contributed by atoms with Crippen LogP contribution in [0.4, 0.5) is 5.95 Å². The Morgan fingerprint density at radius 3 is 2.49 bits per heavy atom. The minimum atomic E-state index is -0.475. The molecule has 0 fully saturated rings. The molecule has 0 radical (unpaired) electrons. The molecule has 1 aliphatic carbocycles. The van der Waals surface area contributed by atoms with Gasteiger partial charge in [0.1, 0.15) is 0 Å². The van der Waals surface area contributed by atoms with E-state index < -0.39 is 5.91 Å². The van der Waals surface area contributed by atoms with E-state index >= 15 is 0 Å². The van der Waals surface area contributed by atoms with Crippen molar-refractivity contribution in [3.8, 4) is 0 Å². The maximum absolute atomic E-state index is 13.7. The lowest BCUT2D eigenvalue weighted by atomic mass is 9.84. The number of hydrogen-bond acceptors (Lipinski definition) is 5. The van der Waals surface area contributed by atoms with Crippen LogP contribution in [-0.4, -0.2) is 33.0 Å². The summed E-state index contributed by atoms with van der Waals surface area (Å²) < 4.78 is 2.98. The minimum absolute atomic E-state index is 0.0272. The summed E-state index contributed by atoms with van der Waals surface area (Å²) in [5, 5.41) is 11.5. The van der Waals surface area contributed by atoms with Crippen LogP contribution in [0.3, 0.4) is 0 Å². The van der Waals surface area contributed by atoms with Crippen LogP contribution in [0.2, 0.25) is 0 Å². The van der Waals surface area contributed by atoms with Crippen LogP contribution in [0.5, 0.6) is 0 Å². The Balaban J connectivity index is 1.56. The first-order valence-corrected chi connectivity index (χ1v) is 14.3. The first-order chi connectivity index (χ1) is 19.8.